The van der Waals surface area contributed by atoms with Gasteiger partial charge in [0.2, 0.25) is 5.91 Å². The zero-order chi connectivity index (χ0) is 19.6. The van der Waals surface area contributed by atoms with Gasteiger partial charge in [-0.2, -0.15) is 5.10 Å². The molecule has 0 spiro atoms. The van der Waals surface area contributed by atoms with Gasteiger partial charge in [0.05, 0.1) is 30.5 Å². The molecule has 6 nitrogen and oxygen atoms in total. The second-order valence-corrected chi connectivity index (χ2v) is 6.58. The van der Waals surface area contributed by atoms with Crippen LogP contribution in [0, 0.1) is 0 Å². The summed E-state index contributed by atoms with van der Waals surface area (Å²) in [7, 11) is 1.56. The van der Waals surface area contributed by atoms with Gasteiger partial charge in [0, 0.05) is 6.42 Å². The number of aliphatic hydroxyl groups excluding tert-OH is 1. The smallest absolute Gasteiger partial charge is 0.240 e. The van der Waals surface area contributed by atoms with Crippen LogP contribution in [0.5, 0.6) is 11.5 Å². The Hall–Kier alpha value is -2.38. The van der Waals surface area contributed by atoms with E-state index >= 15 is 0 Å². The van der Waals surface area contributed by atoms with Crippen LogP contribution in [0.3, 0.4) is 0 Å². The van der Waals surface area contributed by atoms with Gasteiger partial charge in [-0.05, 0) is 52.5 Å². The molecule has 7 heteroatoms. The summed E-state index contributed by atoms with van der Waals surface area (Å²) in [6, 6.07) is 12.8. The number of nitrogens with zero attached hydrogens (tertiary/aromatic N) is 1. The average Bonchev–Trinajstić information content (AvgIpc) is 2.68. The van der Waals surface area contributed by atoms with Gasteiger partial charge in [0.1, 0.15) is 0 Å². The number of methoxy groups -OCH3 is 1. The van der Waals surface area contributed by atoms with Crippen LogP contribution in [0.25, 0.3) is 0 Å². The Kier molecular flexibility index (Phi) is 8.29. The van der Waals surface area contributed by atoms with Gasteiger partial charge in [-0.15, -0.1) is 0 Å². The van der Waals surface area contributed by atoms with Crippen LogP contribution < -0.4 is 14.9 Å². The van der Waals surface area contributed by atoms with Crippen molar-refractivity contribution in [3.8, 4) is 11.5 Å². The van der Waals surface area contributed by atoms with E-state index in [2.05, 4.69) is 26.5 Å². The molecule has 0 fully saturated rings. The molecule has 27 heavy (non-hydrogen) atoms. The molecule has 0 bridgehead atoms. The first-order valence-electron chi connectivity index (χ1n) is 8.60. The lowest BCUT2D eigenvalue weighted by molar-refractivity contribution is -0.121. The highest BCUT2D eigenvalue weighted by Gasteiger charge is 2.11. The molecule has 0 aliphatic rings. The molecule has 2 rings (SSSR count). The van der Waals surface area contributed by atoms with Crippen LogP contribution >= 0.6 is 15.9 Å². The summed E-state index contributed by atoms with van der Waals surface area (Å²) in [4.78, 5) is 11.9. The number of aliphatic hydroxyl groups is 1. The minimum atomic E-state index is -0.674. The molecular weight excluding hydrogens is 412 g/mol. The van der Waals surface area contributed by atoms with E-state index in [-0.39, 0.29) is 12.3 Å². The number of hydrogen-bond donors (Lipinski definition) is 2. The fourth-order valence-corrected chi connectivity index (χ4v) is 3.02. The van der Waals surface area contributed by atoms with Gasteiger partial charge in [-0.3, -0.25) is 4.79 Å². The molecular formula is C20H23BrN2O4. The third-order valence-corrected chi connectivity index (χ3v) is 4.36. The van der Waals surface area contributed by atoms with E-state index in [0.29, 0.717) is 24.5 Å². The molecule has 0 saturated carbocycles. The van der Waals surface area contributed by atoms with Crippen molar-refractivity contribution in [2.45, 2.75) is 25.9 Å². The summed E-state index contributed by atoms with van der Waals surface area (Å²) in [6.45, 7) is 2.42. The molecule has 0 aliphatic carbocycles. The highest BCUT2D eigenvalue weighted by atomic mass is 79.9. The number of carbonyl (C=O) groups is 1. The molecule has 0 aromatic heterocycles. The Morgan fingerprint density at radius 1 is 1.33 bits per heavy atom. The summed E-state index contributed by atoms with van der Waals surface area (Å²) in [5.74, 6) is 0.930. The molecule has 0 heterocycles. The third kappa shape index (κ3) is 6.37. The quantitative estimate of drug-likeness (QED) is 0.464. The van der Waals surface area contributed by atoms with E-state index in [0.717, 1.165) is 15.6 Å². The van der Waals surface area contributed by atoms with Gasteiger partial charge in [0.25, 0.3) is 0 Å². The minimum absolute atomic E-state index is 0.170. The monoisotopic (exact) mass is 434 g/mol. The molecule has 0 radical (unpaired) electrons. The molecule has 2 aromatic rings. The van der Waals surface area contributed by atoms with Crippen LogP contribution in [-0.2, 0) is 4.79 Å². The van der Waals surface area contributed by atoms with Gasteiger partial charge < -0.3 is 14.6 Å². The standard InChI is InChI=1S/C20H23BrN2O4/c1-3-27-20-16(21)11-14(12-18(20)26-2)13-22-23-19(25)10-9-17(24)15-7-5-4-6-8-15/h4-8,11-13,17,24H,3,9-10H2,1-2H3,(H,23,25)/b22-13-/t17-/m1/s1. The highest BCUT2D eigenvalue weighted by Crippen LogP contribution is 2.36. The van der Waals surface area contributed by atoms with Crippen molar-refractivity contribution in [1.29, 1.82) is 0 Å². The zero-order valence-corrected chi connectivity index (χ0v) is 16.9. The van der Waals surface area contributed by atoms with Crippen molar-refractivity contribution >= 4 is 28.1 Å². The number of amides is 1. The zero-order valence-electron chi connectivity index (χ0n) is 15.3. The first kappa shape index (κ1) is 20.9. The van der Waals surface area contributed by atoms with Crippen molar-refractivity contribution in [3.63, 3.8) is 0 Å². The first-order valence-corrected chi connectivity index (χ1v) is 9.39. The van der Waals surface area contributed by atoms with E-state index in [1.807, 2.05) is 43.3 Å². The lowest BCUT2D eigenvalue weighted by Crippen LogP contribution is -2.18. The second kappa shape index (κ2) is 10.7. The molecule has 144 valence electrons. The molecule has 2 N–H and O–H groups in total. The summed E-state index contributed by atoms with van der Waals surface area (Å²) >= 11 is 3.44. The van der Waals surface area contributed by atoms with Crippen molar-refractivity contribution in [1.82, 2.24) is 5.43 Å². The Balaban J connectivity index is 1.89. The minimum Gasteiger partial charge on any atom is -0.493 e. The summed E-state index contributed by atoms with van der Waals surface area (Å²) in [5, 5.41) is 14.0. The predicted octanol–water partition coefficient (Wildman–Crippen LogP) is 3.82. The maximum atomic E-state index is 11.9. The van der Waals surface area contributed by atoms with Crippen LogP contribution in [0.15, 0.2) is 52.0 Å². The number of halogens is 1. The lowest BCUT2D eigenvalue weighted by atomic mass is 10.1. The maximum absolute atomic E-state index is 11.9. The van der Waals surface area contributed by atoms with Gasteiger partial charge in [-0.25, -0.2) is 5.43 Å². The molecule has 1 atom stereocenters. The predicted molar refractivity (Wildman–Crippen MR) is 108 cm³/mol. The van der Waals surface area contributed by atoms with Crippen LogP contribution in [0.4, 0.5) is 0 Å². The lowest BCUT2D eigenvalue weighted by Gasteiger charge is -2.12. The SMILES string of the molecule is CCOc1c(Br)cc(/C=N\NC(=O)CC[C@@H](O)c2ccccc2)cc1OC. The number of benzene rings is 2. The van der Waals surface area contributed by atoms with Gasteiger partial charge in [-0.1, -0.05) is 30.3 Å². The van der Waals surface area contributed by atoms with Crippen molar-refractivity contribution in [2.24, 2.45) is 5.10 Å². The van der Waals surface area contributed by atoms with Crippen LogP contribution in [0.2, 0.25) is 0 Å². The molecule has 0 saturated heterocycles. The van der Waals surface area contributed by atoms with E-state index in [9.17, 15) is 9.90 Å². The molecule has 2 aromatic carbocycles. The van der Waals surface area contributed by atoms with Crippen molar-refractivity contribution < 1.29 is 19.4 Å². The Morgan fingerprint density at radius 2 is 2.07 bits per heavy atom. The number of ether oxygens (including phenoxy) is 2. The van der Waals surface area contributed by atoms with E-state index in [4.69, 9.17) is 9.47 Å². The molecule has 1 amide bonds. The fraction of sp³-hybridized carbons (Fsp3) is 0.300. The van der Waals surface area contributed by atoms with E-state index < -0.39 is 6.10 Å². The third-order valence-electron chi connectivity index (χ3n) is 3.77. The Morgan fingerprint density at radius 3 is 2.74 bits per heavy atom. The van der Waals surface area contributed by atoms with E-state index in [1.165, 1.54) is 6.21 Å². The normalized spacial score (nSPS) is 12.0. The van der Waals surface area contributed by atoms with E-state index in [1.54, 1.807) is 13.2 Å². The van der Waals surface area contributed by atoms with Gasteiger partial charge in [0.15, 0.2) is 11.5 Å². The Labute approximate surface area is 167 Å². The number of nitrogens with one attached hydrogen (secondary N) is 1. The summed E-state index contributed by atoms with van der Waals surface area (Å²) in [5.41, 5.74) is 4.00. The number of rotatable bonds is 9. The first-order chi connectivity index (χ1) is 13.0. The van der Waals surface area contributed by atoms with Crippen molar-refractivity contribution in [3.05, 3.63) is 58.1 Å². The molecule has 0 unspecified atom stereocenters. The second-order valence-electron chi connectivity index (χ2n) is 5.73. The largest absolute Gasteiger partial charge is 0.493 e. The topological polar surface area (TPSA) is 80.2 Å². The average molecular weight is 435 g/mol. The number of carbonyl (C=O) groups excluding carboxylic acids is 1. The highest BCUT2D eigenvalue weighted by molar-refractivity contribution is 9.10. The number of hydrogen-bond acceptors (Lipinski definition) is 5. The van der Waals surface area contributed by atoms with Gasteiger partial charge >= 0.3 is 0 Å². The maximum Gasteiger partial charge on any atom is 0.240 e. The van der Waals surface area contributed by atoms with Crippen LogP contribution in [-0.4, -0.2) is 30.9 Å². The Bertz CT molecular complexity index is 781. The van der Waals surface area contributed by atoms with Crippen LogP contribution in [0.1, 0.15) is 37.0 Å². The summed E-state index contributed by atoms with van der Waals surface area (Å²) in [6.07, 6.45) is 1.35. The number of hydrazone groups is 1. The van der Waals surface area contributed by atoms with Crippen molar-refractivity contribution in [2.75, 3.05) is 13.7 Å². The fourth-order valence-electron chi connectivity index (χ4n) is 2.44. The summed E-state index contributed by atoms with van der Waals surface area (Å²) < 4.78 is 11.6. The molecule has 0 aliphatic heterocycles.